The van der Waals surface area contributed by atoms with Crippen LogP contribution in [0.25, 0.3) is 0 Å². The number of rotatable bonds is 6. The molecule has 0 aliphatic heterocycles. The Labute approximate surface area is 152 Å². The van der Waals surface area contributed by atoms with Gasteiger partial charge in [-0.1, -0.05) is 48.5 Å². The summed E-state index contributed by atoms with van der Waals surface area (Å²) in [7, 11) is 3.05. The first kappa shape index (κ1) is 19.2. The van der Waals surface area contributed by atoms with Gasteiger partial charge in [0.25, 0.3) is 5.56 Å². The van der Waals surface area contributed by atoms with Crippen LogP contribution in [-0.4, -0.2) is 27.9 Å². The maximum Gasteiger partial charge on any atom is 0.318 e. The highest BCUT2D eigenvalue weighted by Crippen LogP contribution is 2.22. The summed E-state index contributed by atoms with van der Waals surface area (Å²) in [4.78, 5) is 29.2. The van der Waals surface area contributed by atoms with Gasteiger partial charge in [-0.3, -0.25) is 14.2 Å². The fourth-order valence-corrected chi connectivity index (χ4v) is 3.56. The molecule has 0 amide bonds. The van der Waals surface area contributed by atoms with Crippen molar-refractivity contribution >= 4 is 17.7 Å². The molecule has 0 saturated carbocycles. The van der Waals surface area contributed by atoms with Gasteiger partial charge in [-0.2, -0.15) is 0 Å². The minimum absolute atomic E-state index is 0.0621. The molecule has 134 valence electrons. The molecular formula is C19H24N2O3S. The Morgan fingerprint density at radius 1 is 1.40 bits per heavy atom. The first-order valence-electron chi connectivity index (χ1n) is 8.26. The molecule has 6 heteroatoms. The molecule has 1 aromatic carbocycles. The Balaban J connectivity index is 2.41. The summed E-state index contributed by atoms with van der Waals surface area (Å²) in [6.07, 6.45) is 1.22. The van der Waals surface area contributed by atoms with E-state index in [1.165, 1.54) is 29.0 Å². The van der Waals surface area contributed by atoms with Gasteiger partial charge in [0.15, 0.2) is 5.16 Å². The van der Waals surface area contributed by atoms with Crippen molar-refractivity contribution in [1.29, 1.82) is 0 Å². The molecule has 0 N–H and O–H groups in total. The van der Waals surface area contributed by atoms with Gasteiger partial charge in [-0.05, 0) is 25.8 Å². The molecule has 25 heavy (non-hydrogen) atoms. The van der Waals surface area contributed by atoms with E-state index in [9.17, 15) is 9.59 Å². The van der Waals surface area contributed by atoms with Crippen LogP contribution in [-0.2, 0) is 29.4 Å². The van der Waals surface area contributed by atoms with Crippen molar-refractivity contribution in [2.75, 3.05) is 7.11 Å². The van der Waals surface area contributed by atoms with E-state index in [-0.39, 0.29) is 11.5 Å². The standard InChI is InChI=1S/C19H24N2O3S/c1-6-16-15(11-14-9-7-8-12(2)10-14)17(22)21(4)19(20-16)25-13(3)18(23)24-5/h7-10,13H,6,11H2,1-5H3/t13-/m1/s1. The topological polar surface area (TPSA) is 61.2 Å². The molecule has 0 spiro atoms. The quantitative estimate of drug-likeness (QED) is 0.450. The van der Waals surface area contributed by atoms with E-state index in [1.54, 1.807) is 14.0 Å². The lowest BCUT2D eigenvalue weighted by molar-refractivity contribution is -0.139. The highest BCUT2D eigenvalue weighted by molar-refractivity contribution is 8.00. The fourth-order valence-electron chi connectivity index (χ4n) is 2.64. The van der Waals surface area contributed by atoms with Crippen LogP contribution in [0.4, 0.5) is 0 Å². The van der Waals surface area contributed by atoms with Gasteiger partial charge < -0.3 is 4.74 Å². The average Bonchev–Trinajstić information content (AvgIpc) is 2.60. The Hall–Kier alpha value is -2.08. The number of methoxy groups -OCH3 is 1. The van der Waals surface area contributed by atoms with Crippen LogP contribution in [0.2, 0.25) is 0 Å². The summed E-state index contributed by atoms with van der Waals surface area (Å²) in [5, 5.41) is 0.114. The molecular weight excluding hydrogens is 336 g/mol. The lowest BCUT2D eigenvalue weighted by Crippen LogP contribution is -2.27. The summed E-state index contributed by atoms with van der Waals surface area (Å²) >= 11 is 1.24. The zero-order valence-electron chi connectivity index (χ0n) is 15.3. The Morgan fingerprint density at radius 3 is 2.72 bits per heavy atom. The molecule has 1 atom stereocenters. The van der Waals surface area contributed by atoms with Crippen LogP contribution < -0.4 is 5.56 Å². The van der Waals surface area contributed by atoms with Crippen LogP contribution in [0.3, 0.4) is 0 Å². The van der Waals surface area contributed by atoms with Crippen LogP contribution in [0.1, 0.15) is 36.2 Å². The van der Waals surface area contributed by atoms with Crippen LogP contribution in [0, 0.1) is 6.92 Å². The predicted molar refractivity (Wildman–Crippen MR) is 100 cm³/mol. The largest absolute Gasteiger partial charge is 0.468 e. The molecule has 0 fully saturated rings. The number of esters is 1. The SMILES string of the molecule is CCc1nc(S[C@H](C)C(=O)OC)n(C)c(=O)c1Cc1cccc(C)c1. The van der Waals surface area contributed by atoms with Gasteiger partial charge in [-0.15, -0.1) is 0 Å². The first-order chi connectivity index (χ1) is 11.9. The molecule has 0 radical (unpaired) electrons. The minimum atomic E-state index is -0.421. The number of carbonyl (C=O) groups excluding carboxylic acids is 1. The van der Waals surface area contributed by atoms with Crippen molar-refractivity contribution in [1.82, 2.24) is 9.55 Å². The molecule has 1 heterocycles. The molecule has 0 aliphatic rings. The second-order valence-corrected chi connectivity index (χ2v) is 7.29. The van der Waals surface area contributed by atoms with E-state index in [4.69, 9.17) is 4.74 Å². The van der Waals surface area contributed by atoms with E-state index in [1.807, 2.05) is 32.0 Å². The third-order valence-electron chi connectivity index (χ3n) is 4.04. The number of ether oxygens (including phenoxy) is 1. The lowest BCUT2D eigenvalue weighted by Gasteiger charge is -2.15. The molecule has 2 rings (SSSR count). The predicted octanol–water partition coefficient (Wildman–Crippen LogP) is 2.90. The number of aromatic nitrogens is 2. The van der Waals surface area contributed by atoms with Crippen molar-refractivity contribution in [3.8, 4) is 0 Å². The molecule has 0 saturated heterocycles. The molecule has 0 bridgehead atoms. The fraction of sp³-hybridized carbons (Fsp3) is 0.421. The number of benzene rings is 1. The molecule has 5 nitrogen and oxygen atoms in total. The summed E-state index contributed by atoms with van der Waals surface area (Å²) in [5.41, 5.74) is 3.69. The van der Waals surface area contributed by atoms with Gasteiger partial charge in [0.1, 0.15) is 5.25 Å². The van der Waals surface area contributed by atoms with Crippen molar-refractivity contribution in [3.63, 3.8) is 0 Å². The third-order valence-corrected chi connectivity index (χ3v) is 5.16. The summed E-state index contributed by atoms with van der Waals surface area (Å²) < 4.78 is 6.27. The second-order valence-electron chi connectivity index (χ2n) is 5.99. The van der Waals surface area contributed by atoms with Crippen LogP contribution in [0.5, 0.6) is 0 Å². The first-order valence-corrected chi connectivity index (χ1v) is 9.14. The number of nitrogens with zero attached hydrogens (tertiary/aromatic N) is 2. The Morgan fingerprint density at radius 2 is 2.12 bits per heavy atom. The van der Waals surface area contributed by atoms with E-state index in [0.29, 0.717) is 23.6 Å². The number of hydrogen-bond acceptors (Lipinski definition) is 5. The number of thioether (sulfide) groups is 1. The van der Waals surface area contributed by atoms with E-state index in [0.717, 1.165) is 11.3 Å². The minimum Gasteiger partial charge on any atom is -0.468 e. The zero-order chi connectivity index (χ0) is 18.6. The third kappa shape index (κ3) is 4.51. The van der Waals surface area contributed by atoms with Gasteiger partial charge in [0.05, 0.1) is 12.8 Å². The van der Waals surface area contributed by atoms with Crippen molar-refractivity contribution in [2.45, 2.75) is 44.0 Å². The van der Waals surface area contributed by atoms with Crippen LogP contribution >= 0.6 is 11.8 Å². The van der Waals surface area contributed by atoms with Crippen molar-refractivity contribution < 1.29 is 9.53 Å². The second kappa shape index (κ2) is 8.34. The van der Waals surface area contributed by atoms with E-state index < -0.39 is 5.25 Å². The van der Waals surface area contributed by atoms with Gasteiger partial charge in [0, 0.05) is 19.0 Å². The molecule has 0 aliphatic carbocycles. The normalized spacial score (nSPS) is 12.0. The lowest BCUT2D eigenvalue weighted by atomic mass is 10.0. The van der Waals surface area contributed by atoms with Gasteiger partial charge in [0.2, 0.25) is 0 Å². The summed E-state index contributed by atoms with van der Waals surface area (Å²) in [6.45, 7) is 5.77. The highest BCUT2D eigenvalue weighted by Gasteiger charge is 2.20. The van der Waals surface area contributed by atoms with Crippen LogP contribution in [0.15, 0.2) is 34.2 Å². The number of hydrogen-bond donors (Lipinski definition) is 0. The number of aryl methyl sites for hydroxylation is 2. The van der Waals surface area contributed by atoms with E-state index >= 15 is 0 Å². The Bertz CT molecular complexity index is 830. The van der Waals surface area contributed by atoms with Crippen molar-refractivity contribution in [2.24, 2.45) is 7.05 Å². The van der Waals surface area contributed by atoms with Gasteiger partial charge >= 0.3 is 5.97 Å². The maximum atomic E-state index is 12.9. The van der Waals surface area contributed by atoms with Gasteiger partial charge in [-0.25, -0.2) is 4.98 Å². The van der Waals surface area contributed by atoms with E-state index in [2.05, 4.69) is 11.1 Å². The van der Waals surface area contributed by atoms with Crippen molar-refractivity contribution in [3.05, 3.63) is 57.0 Å². The summed E-state index contributed by atoms with van der Waals surface area (Å²) in [5.74, 6) is -0.332. The molecule has 1 aromatic heterocycles. The monoisotopic (exact) mass is 360 g/mol. The average molecular weight is 360 g/mol. The summed E-state index contributed by atoms with van der Waals surface area (Å²) in [6, 6.07) is 8.14. The number of carbonyl (C=O) groups is 1. The smallest absolute Gasteiger partial charge is 0.318 e. The highest BCUT2D eigenvalue weighted by atomic mass is 32.2. The zero-order valence-corrected chi connectivity index (χ0v) is 16.1. The Kier molecular flexibility index (Phi) is 6.42. The maximum absolute atomic E-state index is 12.9. The molecule has 2 aromatic rings. The molecule has 0 unspecified atom stereocenters.